The number of pyridine rings is 1. The summed E-state index contributed by atoms with van der Waals surface area (Å²) in [6.45, 7) is 7.83. The van der Waals surface area contributed by atoms with Gasteiger partial charge in [-0.1, -0.05) is 27.2 Å². The van der Waals surface area contributed by atoms with E-state index in [1.165, 1.54) is 24.8 Å². The molecule has 0 spiro atoms. The predicted molar refractivity (Wildman–Crippen MR) is 77.0 cm³/mol. The molecule has 1 aromatic heterocycles. The second kappa shape index (κ2) is 7.83. The zero-order valence-corrected chi connectivity index (χ0v) is 12.6. The summed E-state index contributed by atoms with van der Waals surface area (Å²) >= 11 is 3.49. The molecule has 1 heterocycles. The summed E-state index contributed by atoms with van der Waals surface area (Å²) in [5, 5.41) is 3.62. The van der Waals surface area contributed by atoms with Gasteiger partial charge in [-0.15, -0.1) is 0 Å². The lowest BCUT2D eigenvalue weighted by Crippen LogP contribution is -2.24. The van der Waals surface area contributed by atoms with Gasteiger partial charge < -0.3 is 5.32 Å². The molecule has 1 rings (SSSR count). The predicted octanol–water partition coefficient (Wildman–Crippen LogP) is 4.32. The van der Waals surface area contributed by atoms with Crippen LogP contribution in [0.3, 0.4) is 0 Å². The highest BCUT2D eigenvalue weighted by atomic mass is 79.9. The Bertz CT molecular complexity index is 328. The number of nitrogens with zero attached hydrogens (tertiary/aromatic N) is 1. The van der Waals surface area contributed by atoms with Gasteiger partial charge in [-0.25, -0.2) is 0 Å². The lowest BCUT2D eigenvalue weighted by Gasteiger charge is -2.22. The monoisotopic (exact) mass is 298 g/mol. The van der Waals surface area contributed by atoms with Crippen molar-refractivity contribution in [1.29, 1.82) is 0 Å². The van der Waals surface area contributed by atoms with Crippen LogP contribution >= 0.6 is 15.9 Å². The Labute approximate surface area is 113 Å². The summed E-state index contributed by atoms with van der Waals surface area (Å²) in [7, 11) is 0. The molecule has 0 saturated heterocycles. The van der Waals surface area contributed by atoms with Crippen molar-refractivity contribution in [3.63, 3.8) is 0 Å². The van der Waals surface area contributed by atoms with Gasteiger partial charge in [0.2, 0.25) is 0 Å². The molecule has 0 aliphatic heterocycles. The Balaban J connectivity index is 2.74. The minimum absolute atomic E-state index is 0.426. The zero-order chi connectivity index (χ0) is 12.7. The molecule has 0 saturated carbocycles. The number of hydrogen-bond donors (Lipinski definition) is 1. The van der Waals surface area contributed by atoms with Gasteiger partial charge in [-0.2, -0.15) is 0 Å². The first-order chi connectivity index (χ1) is 8.17. The van der Waals surface area contributed by atoms with E-state index in [-0.39, 0.29) is 0 Å². The Hall–Kier alpha value is -0.410. The van der Waals surface area contributed by atoms with E-state index in [0.717, 1.165) is 16.9 Å². The normalized spacial score (nSPS) is 14.6. The van der Waals surface area contributed by atoms with Crippen LogP contribution in [-0.4, -0.2) is 11.5 Å². The molecular formula is C14H23BrN2. The first kappa shape index (κ1) is 14.7. The fourth-order valence-electron chi connectivity index (χ4n) is 1.84. The number of aromatic nitrogens is 1. The van der Waals surface area contributed by atoms with Crippen molar-refractivity contribution in [3.8, 4) is 0 Å². The molecule has 17 heavy (non-hydrogen) atoms. The SMILES string of the molecule is CCCNC(CC(C)CC)c1cncc(Br)c1. The highest BCUT2D eigenvalue weighted by Crippen LogP contribution is 2.24. The smallest absolute Gasteiger partial charge is 0.0410 e. The highest BCUT2D eigenvalue weighted by Gasteiger charge is 2.14. The lowest BCUT2D eigenvalue weighted by atomic mass is 9.95. The first-order valence-electron chi connectivity index (χ1n) is 6.51. The second-order valence-electron chi connectivity index (χ2n) is 4.69. The molecule has 96 valence electrons. The summed E-state index contributed by atoms with van der Waals surface area (Å²) < 4.78 is 1.06. The maximum atomic E-state index is 4.26. The van der Waals surface area contributed by atoms with Crippen LogP contribution in [0.4, 0.5) is 0 Å². The van der Waals surface area contributed by atoms with Crippen molar-refractivity contribution in [2.24, 2.45) is 5.92 Å². The van der Waals surface area contributed by atoms with E-state index in [1.807, 2.05) is 12.4 Å². The highest BCUT2D eigenvalue weighted by molar-refractivity contribution is 9.10. The summed E-state index contributed by atoms with van der Waals surface area (Å²) in [6.07, 6.45) is 7.38. The van der Waals surface area contributed by atoms with Crippen molar-refractivity contribution >= 4 is 15.9 Å². The minimum Gasteiger partial charge on any atom is -0.310 e. The molecule has 0 fully saturated rings. The third kappa shape index (κ3) is 5.17. The van der Waals surface area contributed by atoms with Crippen molar-refractivity contribution in [1.82, 2.24) is 10.3 Å². The molecule has 0 bridgehead atoms. The average molecular weight is 299 g/mol. The standard InChI is InChI=1S/C14H23BrN2/c1-4-6-17-14(7-11(3)5-2)12-8-13(15)10-16-9-12/h8-11,14,17H,4-7H2,1-3H3. The fourth-order valence-corrected chi connectivity index (χ4v) is 2.23. The first-order valence-corrected chi connectivity index (χ1v) is 7.30. The van der Waals surface area contributed by atoms with Gasteiger partial charge in [0.15, 0.2) is 0 Å². The van der Waals surface area contributed by atoms with Crippen LogP contribution in [0.5, 0.6) is 0 Å². The average Bonchev–Trinajstić information content (AvgIpc) is 2.34. The van der Waals surface area contributed by atoms with Crippen LogP contribution in [0.1, 0.15) is 51.6 Å². The van der Waals surface area contributed by atoms with Gasteiger partial charge >= 0.3 is 0 Å². The van der Waals surface area contributed by atoms with Gasteiger partial charge in [-0.3, -0.25) is 4.98 Å². The number of hydrogen-bond acceptors (Lipinski definition) is 2. The van der Waals surface area contributed by atoms with E-state index in [9.17, 15) is 0 Å². The molecule has 0 aromatic carbocycles. The fraction of sp³-hybridized carbons (Fsp3) is 0.643. The van der Waals surface area contributed by atoms with E-state index in [2.05, 4.69) is 53.1 Å². The summed E-state index contributed by atoms with van der Waals surface area (Å²) in [5.41, 5.74) is 1.29. The van der Waals surface area contributed by atoms with E-state index < -0.39 is 0 Å². The summed E-state index contributed by atoms with van der Waals surface area (Å²) in [4.78, 5) is 4.26. The van der Waals surface area contributed by atoms with Crippen LogP contribution in [-0.2, 0) is 0 Å². The van der Waals surface area contributed by atoms with Gasteiger partial charge in [0.1, 0.15) is 0 Å². The van der Waals surface area contributed by atoms with Crippen LogP contribution in [0.15, 0.2) is 22.9 Å². The number of halogens is 1. The third-order valence-corrected chi connectivity index (χ3v) is 3.54. The Kier molecular flexibility index (Phi) is 6.75. The zero-order valence-electron chi connectivity index (χ0n) is 11.0. The van der Waals surface area contributed by atoms with Gasteiger partial charge in [0.05, 0.1) is 0 Å². The van der Waals surface area contributed by atoms with Gasteiger partial charge in [-0.05, 0) is 52.9 Å². The molecule has 2 unspecified atom stereocenters. The van der Waals surface area contributed by atoms with Crippen LogP contribution in [0.2, 0.25) is 0 Å². The molecule has 2 nitrogen and oxygen atoms in total. The summed E-state index contributed by atoms with van der Waals surface area (Å²) in [6, 6.07) is 2.60. The molecule has 2 atom stereocenters. The maximum absolute atomic E-state index is 4.26. The Morgan fingerprint density at radius 2 is 2.12 bits per heavy atom. The van der Waals surface area contributed by atoms with Gasteiger partial charge in [0, 0.05) is 22.9 Å². The summed E-state index contributed by atoms with van der Waals surface area (Å²) in [5.74, 6) is 0.739. The van der Waals surface area contributed by atoms with E-state index in [1.54, 1.807) is 0 Å². The largest absolute Gasteiger partial charge is 0.310 e. The van der Waals surface area contributed by atoms with Crippen molar-refractivity contribution in [2.45, 2.75) is 46.1 Å². The third-order valence-electron chi connectivity index (χ3n) is 3.10. The molecule has 0 aliphatic rings. The van der Waals surface area contributed by atoms with E-state index in [4.69, 9.17) is 0 Å². The molecule has 0 radical (unpaired) electrons. The second-order valence-corrected chi connectivity index (χ2v) is 5.61. The molecule has 1 N–H and O–H groups in total. The molecule has 0 amide bonds. The van der Waals surface area contributed by atoms with Crippen molar-refractivity contribution in [3.05, 3.63) is 28.5 Å². The molecule has 3 heteroatoms. The van der Waals surface area contributed by atoms with Crippen molar-refractivity contribution in [2.75, 3.05) is 6.54 Å². The minimum atomic E-state index is 0.426. The number of rotatable bonds is 7. The van der Waals surface area contributed by atoms with E-state index >= 15 is 0 Å². The van der Waals surface area contributed by atoms with Crippen molar-refractivity contribution < 1.29 is 0 Å². The van der Waals surface area contributed by atoms with E-state index in [0.29, 0.717) is 6.04 Å². The Morgan fingerprint density at radius 1 is 1.35 bits per heavy atom. The maximum Gasteiger partial charge on any atom is 0.0410 e. The van der Waals surface area contributed by atoms with Gasteiger partial charge in [0.25, 0.3) is 0 Å². The molecular weight excluding hydrogens is 276 g/mol. The molecule has 0 aliphatic carbocycles. The van der Waals surface area contributed by atoms with Crippen LogP contribution in [0, 0.1) is 5.92 Å². The number of nitrogens with one attached hydrogen (secondary N) is 1. The quantitative estimate of drug-likeness (QED) is 0.811. The topological polar surface area (TPSA) is 24.9 Å². The molecule has 1 aromatic rings. The van der Waals surface area contributed by atoms with Crippen LogP contribution < -0.4 is 5.32 Å². The lowest BCUT2D eigenvalue weighted by molar-refractivity contribution is 0.401. The Morgan fingerprint density at radius 3 is 2.71 bits per heavy atom. The van der Waals surface area contributed by atoms with Crippen LogP contribution in [0.25, 0.3) is 0 Å².